The van der Waals surface area contributed by atoms with Gasteiger partial charge in [0.15, 0.2) is 0 Å². The van der Waals surface area contributed by atoms with Crippen molar-refractivity contribution in [2.24, 2.45) is 0 Å². The van der Waals surface area contributed by atoms with E-state index in [2.05, 4.69) is 29.1 Å². The summed E-state index contributed by atoms with van der Waals surface area (Å²) < 4.78 is 4.57. The third kappa shape index (κ3) is 20.7. The minimum Gasteiger partial charge on any atom is -0.469 e. The van der Waals surface area contributed by atoms with Gasteiger partial charge in [0.25, 0.3) is 0 Å². The molecule has 3 nitrogen and oxygen atoms in total. The highest BCUT2D eigenvalue weighted by molar-refractivity contribution is 5.69. The highest BCUT2D eigenvalue weighted by atomic mass is 16.5. The molecule has 0 saturated carbocycles. The van der Waals surface area contributed by atoms with Gasteiger partial charge in [-0.2, -0.15) is 0 Å². The summed E-state index contributed by atoms with van der Waals surface area (Å²) in [6, 6.07) is 0. The van der Waals surface area contributed by atoms with Crippen LogP contribution in [0, 0.1) is 0 Å². The molecule has 0 heterocycles. The highest BCUT2D eigenvalue weighted by Crippen LogP contribution is 2.12. The molecular formula is C22H41NO2. The van der Waals surface area contributed by atoms with E-state index in [1.165, 1.54) is 84.2 Å². The van der Waals surface area contributed by atoms with Crippen molar-refractivity contribution in [2.45, 2.75) is 96.8 Å². The molecule has 0 aromatic heterocycles. The highest BCUT2D eigenvalue weighted by Gasteiger charge is 1.96. The van der Waals surface area contributed by atoms with E-state index in [9.17, 15) is 4.79 Å². The summed E-state index contributed by atoms with van der Waals surface area (Å²) in [5, 5.41) is 3.07. The summed E-state index contributed by atoms with van der Waals surface area (Å²) in [5.41, 5.74) is 0. The van der Waals surface area contributed by atoms with E-state index in [-0.39, 0.29) is 5.97 Å². The van der Waals surface area contributed by atoms with Crippen molar-refractivity contribution >= 4 is 5.97 Å². The van der Waals surface area contributed by atoms with Gasteiger partial charge in [-0.1, -0.05) is 89.7 Å². The molecule has 0 aromatic rings. The fourth-order valence-electron chi connectivity index (χ4n) is 2.76. The summed E-state index contributed by atoms with van der Waals surface area (Å²) in [6.45, 7) is 2.90. The first-order valence-electron chi connectivity index (χ1n) is 10.4. The molecule has 0 unspecified atom stereocenters. The second kappa shape index (κ2) is 20.8. The molecule has 146 valence electrons. The fraction of sp³-hybridized carbons (Fsp3) is 0.773. The van der Waals surface area contributed by atoms with Crippen LogP contribution in [0.2, 0.25) is 0 Å². The van der Waals surface area contributed by atoms with Crippen LogP contribution in [0.15, 0.2) is 24.4 Å². The van der Waals surface area contributed by atoms with E-state index in [1.54, 1.807) is 0 Å². The third-order valence-corrected chi connectivity index (χ3v) is 4.39. The van der Waals surface area contributed by atoms with E-state index in [0.29, 0.717) is 13.0 Å². The van der Waals surface area contributed by atoms with Gasteiger partial charge in [0.1, 0.15) is 0 Å². The monoisotopic (exact) mass is 351 g/mol. The molecule has 0 radical (unpaired) electrons. The Labute approximate surface area is 156 Å². The van der Waals surface area contributed by atoms with E-state index in [0.717, 1.165) is 6.42 Å². The summed E-state index contributed by atoms with van der Waals surface area (Å²) in [6.07, 6.45) is 26.5. The van der Waals surface area contributed by atoms with E-state index in [4.69, 9.17) is 0 Å². The quantitative estimate of drug-likeness (QED) is 0.179. The van der Waals surface area contributed by atoms with Crippen LogP contribution in [-0.2, 0) is 9.53 Å². The van der Waals surface area contributed by atoms with E-state index < -0.39 is 0 Å². The van der Waals surface area contributed by atoms with Crippen LogP contribution >= 0.6 is 0 Å². The molecule has 0 aliphatic heterocycles. The van der Waals surface area contributed by atoms with Crippen molar-refractivity contribution in [1.29, 1.82) is 0 Å². The number of allylic oxidation sites excluding steroid dienone is 3. The predicted molar refractivity (Wildman–Crippen MR) is 109 cm³/mol. The molecule has 0 aliphatic rings. The molecule has 0 spiro atoms. The van der Waals surface area contributed by atoms with Crippen LogP contribution in [0.4, 0.5) is 0 Å². The van der Waals surface area contributed by atoms with E-state index >= 15 is 0 Å². The molecule has 25 heavy (non-hydrogen) atoms. The number of unbranched alkanes of at least 4 members (excludes halogenated alkanes) is 12. The number of hydrogen-bond donors (Lipinski definition) is 1. The number of methoxy groups -OCH3 is 1. The van der Waals surface area contributed by atoms with Gasteiger partial charge < -0.3 is 10.1 Å². The molecule has 0 atom stereocenters. The number of carbonyl (C=O) groups is 1. The van der Waals surface area contributed by atoms with Crippen molar-refractivity contribution in [3.63, 3.8) is 0 Å². The molecule has 0 fully saturated rings. The van der Waals surface area contributed by atoms with E-state index in [1.807, 2.05) is 12.3 Å². The van der Waals surface area contributed by atoms with Crippen LogP contribution in [0.5, 0.6) is 0 Å². The largest absolute Gasteiger partial charge is 0.469 e. The van der Waals surface area contributed by atoms with Gasteiger partial charge in [0.2, 0.25) is 0 Å². The van der Waals surface area contributed by atoms with Gasteiger partial charge in [0, 0.05) is 6.54 Å². The smallest absolute Gasteiger partial charge is 0.307 e. The van der Waals surface area contributed by atoms with Crippen LogP contribution in [0.3, 0.4) is 0 Å². The lowest BCUT2D eigenvalue weighted by Crippen LogP contribution is -2.12. The Kier molecular flexibility index (Phi) is 19.8. The zero-order valence-corrected chi connectivity index (χ0v) is 16.7. The first kappa shape index (κ1) is 23.8. The van der Waals surface area contributed by atoms with Gasteiger partial charge in [-0.3, -0.25) is 4.79 Å². The molecule has 0 bridgehead atoms. The van der Waals surface area contributed by atoms with Crippen molar-refractivity contribution < 1.29 is 9.53 Å². The average Bonchev–Trinajstić information content (AvgIpc) is 2.63. The predicted octanol–water partition coefficient (Wildman–Crippen LogP) is 6.30. The molecule has 3 heteroatoms. The van der Waals surface area contributed by atoms with Crippen molar-refractivity contribution in [1.82, 2.24) is 5.32 Å². The first-order chi connectivity index (χ1) is 12.3. The standard InChI is InChI=1S/C22H41NO2/c1-3-4-5-6-7-8-9-10-11-12-13-14-15-16-17-18-20-23-21-19-22(24)25-2/h16-18,20,23H,3-15,19,21H2,1-2H3. The van der Waals surface area contributed by atoms with Crippen molar-refractivity contribution in [3.8, 4) is 0 Å². The Balaban J connectivity index is 3.18. The summed E-state index contributed by atoms with van der Waals surface area (Å²) >= 11 is 0. The lowest BCUT2D eigenvalue weighted by Gasteiger charge is -2.02. The average molecular weight is 352 g/mol. The Morgan fingerprint density at radius 1 is 0.840 bits per heavy atom. The Morgan fingerprint density at radius 3 is 1.96 bits per heavy atom. The summed E-state index contributed by atoms with van der Waals surface area (Å²) in [5.74, 6) is -0.177. The van der Waals surface area contributed by atoms with Crippen LogP contribution in [0.25, 0.3) is 0 Å². The van der Waals surface area contributed by atoms with Gasteiger partial charge in [-0.05, 0) is 25.1 Å². The Hall–Kier alpha value is -1.25. The normalized spacial score (nSPS) is 11.4. The van der Waals surface area contributed by atoms with Gasteiger partial charge >= 0.3 is 5.97 Å². The first-order valence-corrected chi connectivity index (χ1v) is 10.4. The topological polar surface area (TPSA) is 38.3 Å². The van der Waals surface area contributed by atoms with Crippen LogP contribution in [-0.4, -0.2) is 19.6 Å². The lowest BCUT2D eigenvalue weighted by atomic mass is 10.0. The Bertz CT molecular complexity index is 337. The number of rotatable bonds is 18. The maximum Gasteiger partial charge on any atom is 0.307 e. The summed E-state index contributed by atoms with van der Waals surface area (Å²) in [4.78, 5) is 10.9. The number of hydrogen-bond acceptors (Lipinski definition) is 3. The summed E-state index contributed by atoms with van der Waals surface area (Å²) in [7, 11) is 1.41. The second-order valence-electron chi connectivity index (χ2n) is 6.75. The van der Waals surface area contributed by atoms with Crippen molar-refractivity contribution in [3.05, 3.63) is 24.4 Å². The number of carbonyl (C=O) groups excluding carboxylic acids is 1. The molecular weight excluding hydrogens is 310 g/mol. The zero-order chi connectivity index (χ0) is 18.4. The molecule has 0 aromatic carbocycles. The number of esters is 1. The molecule has 0 saturated heterocycles. The Morgan fingerprint density at radius 2 is 1.40 bits per heavy atom. The zero-order valence-electron chi connectivity index (χ0n) is 16.7. The van der Waals surface area contributed by atoms with Crippen LogP contribution in [0.1, 0.15) is 96.8 Å². The molecule has 0 amide bonds. The SMILES string of the molecule is CCCCCCCCCCCCCCC=CC=CNCCC(=O)OC. The maximum atomic E-state index is 10.9. The van der Waals surface area contributed by atoms with Gasteiger partial charge in [-0.25, -0.2) is 0 Å². The second-order valence-corrected chi connectivity index (χ2v) is 6.75. The lowest BCUT2D eigenvalue weighted by molar-refractivity contribution is -0.140. The fourth-order valence-corrected chi connectivity index (χ4v) is 2.76. The van der Waals surface area contributed by atoms with Gasteiger partial charge in [-0.15, -0.1) is 0 Å². The number of ether oxygens (including phenoxy) is 1. The van der Waals surface area contributed by atoms with Crippen molar-refractivity contribution in [2.75, 3.05) is 13.7 Å². The van der Waals surface area contributed by atoms with Crippen LogP contribution < -0.4 is 5.32 Å². The minimum atomic E-state index is -0.177. The maximum absolute atomic E-state index is 10.9. The number of nitrogens with one attached hydrogen (secondary N) is 1. The minimum absolute atomic E-state index is 0.177. The third-order valence-electron chi connectivity index (χ3n) is 4.39. The van der Waals surface area contributed by atoms with Gasteiger partial charge in [0.05, 0.1) is 13.5 Å². The molecule has 0 aliphatic carbocycles. The molecule has 1 N–H and O–H groups in total. The molecule has 0 rings (SSSR count).